The number of nitrogens with zero attached hydrogens (tertiary/aromatic N) is 1. The van der Waals surface area contributed by atoms with Gasteiger partial charge in [0.25, 0.3) is 11.6 Å². The molecule has 0 heterocycles. The van der Waals surface area contributed by atoms with Gasteiger partial charge in [0, 0.05) is 17.3 Å². The third-order valence-electron chi connectivity index (χ3n) is 2.86. The van der Waals surface area contributed by atoms with Crippen molar-refractivity contribution in [2.75, 3.05) is 5.32 Å². The van der Waals surface area contributed by atoms with Crippen molar-refractivity contribution in [3.05, 3.63) is 62.7 Å². The lowest BCUT2D eigenvalue weighted by Gasteiger charge is -2.09. The average Bonchev–Trinajstić information content (AvgIpc) is 2.42. The molecule has 0 unspecified atom stereocenters. The lowest BCUT2D eigenvalue weighted by atomic mass is 10.1. The molecule has 21 heavy (non-hydrogen) atoms. The van der Waals surface area contributed by atoms with Crippen molar-refractivity contribution in [1.82, 2.24) is 0 Å². The number of aryl methyl sites for hydroxylation is 1. The molecule has 0 bridgehead atoms. The molecular formula is C14H11ClN2O4. The van der Waals surface area contributed by atoms with E-state index in [4.69, 9.17) is 11.6 Å². The topological polar surface area (TPSA) is 92.5 Å². The van der Waals surface area contributed by atoms with Gasteiger partial charge in [-0.3, -0.25) is 14.9 Å². The van der Waals surface area contributed by atoms with Crippen LogP contribution in [0, 0.1) is 17.0 Å². The van der Waals surface area contributed by atoms with Crippen molar-refractivity contribution in [1.29, 1.82) is 0 Å². The first kappa shape index (κ1) is 14.8. The van der Waals surface area contributed by atoms with Gasteiger partial charge in [-0.1, -0.05) is 11.6 Å². The number of nitrogens with one attached hydrogen (secondary N) is 1. The van der Waals surface area contributed by atoms with Crippen molar-refractivity contribution >= 4 is 28.9 Å². The number of nitro benzene ring substituents is 1. The summed E-state index contributed by atoms with van der Waals surface area (Å²) < 4.78 is 0. The number of carbonyl (C=O) groups excluding carboxylic acids is 1. The molecule has 2 aromatic carbocycles. The zero-order chi connectivity index (χ0) is 15.6. The van der Waals surface area contributed by atoms with Gasteiger partial charge in [-0.2, -0.15) is 0 Å². The van der Waals surface area contributed by atoms with Crippen LogP contribution in [0.5, 0.6) is 5.75 Å². The van der Waals surface area contributed by atoms with Crippen molar-refractivity contribution in [2.45, 2.75) is 6.92 Å². The SMILES string of the molecule is Cc1cc(O)ccc1NC(=O)c1ccc(Cl)c([N+](=O)[O-])c1. The van der Waals surface area contributed by atoms with E-state index in [-0.39, 0.29) is 22.0 Å². The summed E-state index contributed by atoms with van der Waals surface area (Å²) in [6.45, 7) is 1.72. The Morgan fingerprint density at radius 3 is 2.62 bits per heavy atom. The van der Waals surface area contributed by atoms with Gasteiger partial charge in [-0.05, 0) is 42.8 Å². The van der Waals surface area contributed by atoms with Crippen LogP contribution in [0.4, 0.5) is 11.4 Å². The molecule has 0 radical (unpaired) electrons. The molecule has 6 nitrogen and oxygen atoms in total. The second-order valence-electron chi connectivity index (χ2n) is 4.38. The van der Waals surface area contributed by atoms with E-state index in [2.05, 4.69) is 5.32 Å². The van der Waals surface area contributed by atoms with Crippen LogP contribution in [-0.2, 0) is 0 Å². The molecule has 0 saturated heterocycles. The fraction of sp³-hybridized carbons (Fsp3) is 0.0714. The molecule has 0 aromatic heterocycles. The van der Waals surface area contributed by atoms with Gasteiger partial charge < -0.3 is 10.4 Å². The lowest BCUT2D eigenvalue weighted by Crippen LogP contribution is -2.13. The van der Waals surface area contributed by atoms with Gasteiger partial charge in [0.1, 0.15) is 10.8 Å². The van der Waals surface area contributed by atoms with Gasteiger partial charge in [0.05, 0.1) is 4.92 Å². The molecule has 0 fully saturated rings. The Morgan fingerprint density at radius 1 is 1.29 bits per heavy atom. The zero-order valence-corrected chi connectivity index (χ0v) is 11.7. The largest absolute Gasteiger partial charge is 0.508 e. The van der Waals surface area contributed by atoms with Crippen LogP contribution in [0.3, 0.4) is 0 Å². The predicted octanol–water partition coefficient (Wildman–Crippen LogP) is 3.51. The Kier molecular flexibility index (Phi) is 4.09. The molecule has 0 aliphatic heterocycles. The first-order valence-electron chi connectivity index (χ1n) is 5.93. The number of hydrogen-bond acceptors (Lipinski definition) is 4. The number of carbonyl (C=O) groups is 1. The second-order valence-corrected chi connectivity index (χ2v) is 4.78. The van der Waals surface area contributed by atoms with Crippen LogP contribution in [0.25, 0.3) is 0 Å². The zero-order valence-electron chi connectivity index (χ0n) is 11.0. The van der Waals surface area contributed by atoms with Crippen LogP contribution in [0.1, 0.15) is 15.9 Å². The number of phenolic OH excluding ortho intramolecular Hbond substituents is 1. The van der Waals surface area contributed by atoms with E-state index >= 15 is 0 Å². The molecule has 0 saturated carbocycles. The molecule has 108 valence electrons. The summed E-state index contributed by atoms with van der Waals surface area (Å²) in [7, 11) is 0. The average molecular weight is 307 g/mol. The highest BCUT2D eigenvalue weighted by Gasteiger charge is 2.16. The van der Waals surface area contributed by atoms with Crippen molar-refractivity contribution < 1.29 is 14.8 Å². The standard InChI is InChI=1S/C14H11ClN2O4/c1-8-6-10(18)3-5-12(8)16-14(19)9-2-4-11(15)13(7-9)17(20)21/h2-7,18H,1H3,(H,16,19). The van der Waals surface area contributed by atoms with Gasteiger partial charge in [0.15, 0.2) is 0 Å². The highest BCUT2D eigenvalue weighted by molar-refractivity contribution is 6.32. The van der Waals surface area contributed by atoms with Crippen molar-refractivity contribution in [2.24, 2.45) is 0 Å². The van der Waals surface area contributed by atoms with Crippen molar-refractivity contribution in [3.8, 4) is 5.75 Å². The first-order chi connectivity index (χ1) is 9.88. The molecule has 2 N–H and O–H groups in total. The molecule has 0 atom stereocenters. The summed E-state index contributed by atoms with van der Waals surface area (Å²) in [5.41, 5.74) is 0.979. The minimum absolute atomic E-state index is 0.0302. The van der Waals surface area contributed by atoms with Gasteiger partial charge in [-0.25, -0.2) is 0 Å². The third kappa shape index (κ3) is 3.29. The Morgan fingerprint density at radius 2 is 2.00 bits per heavy atom. The van der Waals surface area contributed by atoms with E-state index in [1.165, 1.54) is 24.3 Å². The van der Waals surface area contributed by atoms with E-state index in [1.807, 2.05) is 0 Å². The molecule has 2 rings (SSSR count). The van der Waals surface area contributed by atoms with Crippen LogP contribution in [-0.4, -0.2) is 15.9 Å². The number of anilines is 1. The Bertz CT molecular complexity index is 731. The molecule has 2 aromatic rings. The number of rotatable bonds is 3. The summed E-state index contributed by atoms with van der Waals surface area (Å²) in [5, 5.41) is 22.7. The molecule has 1 amide bonds. The molecule has 0 spiro atoms. The van der Waals surface area contributed by atoms with Gasteiger partial charge in [-0.15, -0.1) is 0 Å². The summed E-state index contributed by atoms with van der Waals surface area (Å²) in [5.74, 6) is -0.406. The predicted molar refractivity (Wildman–Crippen MR) is 78.9 cm³/mol. The number of phenols is 1. The molecular weight excluding hydrogens is 296 g/mol. The monoisotopic (exact) mass is 306 g/mol. The Labute approximate surface area is 125 Å². The lowest BCUT2D eigenvalue weighted by molar-refractivity contribution is -0.384. The number of halogens is 1. The van der Waals surface area contributed by atoms with E-state index < -0.39 is 10.8 Å². The second kappa shape index (κ2) is 5.80. The number of aromatic hydroxyl groups is 1. The smallest absolute Gasteiger partial charge is 0.288 e. The quantitative estimate of drug-likeness (QED) is 0.515. The number of benzene rings is 2. The maximum atomic E-state index is 12.1. The third-order valence-corrected chi connectivity index (χ3v) is 3.18. The van der Waals surface area contributed by atoms with Gasteiger partial charge >= 0.3 is 0 Å². The fourth-order valence-electron chi connectivity index (χ4n) is 1.78. The highest BCUT2D eigenvalue weighted by Crippen LogP contribution is 2.26. The van der Waals surface area contributed by atoms with E-state index in [0.29, 0.717) is 11.3 Å². The van der Waals surface area contributed by atoms with Crippen LogP contribution < -0.4 is 5.32 Å². The maximum absolute atomic E-state index is 12.1. The Balaban J connectivity index is 2.28. The summed E-state index contributed by atoms with van der Waals surface area (Å²) in [4.78, 5) is 22.3. The maximum Gasteiger partial charge on any atom is 0.288 e. The molecule has 0 aliphatic rings. The van der Waals surface area contributed by atoms with E-state index in [9.17, 15) is 20.0 Å². The van der Waals surface area contributed by atoms with Gasteiger partial charge in [0.2, 0.25) is 0 Å². The summed E-state index contributed by atoms with van der Waals surface area (Å²) in [6, 6.07) is 8.31. The van der Waals surface area contributed by atoms with E-state index in [1.54, 1.807) is 13.0 Å². The number of amides is 1. The summed E-state index contributed by atoms with van der Waals surface area (Å²) in [6.07, 6.45) is 0. The summed E-state index contributed by atoms with van der Waals surface area (Å²) >= 11 is 5.70. The Hall–Kier alpha value is -2.60. The van der Waals surface area contributed by atoms with Crippen LogP contribution in [0.15, 0.2) is 36.4 Å². The van der Waals surface area contributed by atoms with Crippen LogP contribution >= 0.6 is 11.6 Å². The molecule has 0 aliphatic carbocycles. The number of nitro groups is 1. The normalized spacial score (nSPS) is 10.2. The number of hydrogen-bond donors (Lipinski definition) is 2. The fourth-order valence-corrected chi connectivity index (χ4v) is 1.96. The minimum atomic E-state index is -0.648. The van der Waals surface area contributed by atoms with Crippen LogP contribution in [0.2, 0.25) is 5.02 Å². The minimum Gasteiger partial charge on any atom is -0.508 e. The first-order valence-corrected chi connectivity index (χ1v) is 6.31. The van der Waals surface area contributed by atoms with E-state index in [0.717, 1.165) is 6.07 Å². The molecule has 7 heteroatoms. The highest BCUT2D eigenvalue weighted by atomic mass is 35.5. The van der Waals surface area contributed by atoms with Crippen molar-refractivity contribution in [3.63, 3.8) is 0 Å².